The normalized spacial score (nSPS) is 11.0. The molecule has 0 radical (unpaired) electrons. The van der Waals surface area contributed by atoms with Crippen molar-refractivity contribution < 1.29 is 9.26 Å². The third-order valence-electron chi connectivity index (χ3n) is 3.47. The minimum Gasteiger partial charge on any atom is -0.483 e. The van der Waals surface area contributed by atoms with Gasteiger partial charge in [0.1, 0.15) is 5.75 Å². The van der Waals surface area contributed by atoms with Crippen LogP contribution in [-0.4, -0.2) is 10.1 Å². The average Bonchev–Trinajstić information content (AvgIpc) is 3.03. The Morgan fingerprint density at radius 1 is 1.13 bits per heavy atom. The molecule has 23 heavy (non-hydrogen) atoms. The van der Waals surface area contributed by atoms with Crippen molar-refractivity contribution in [1.29, 1.82) is 0 Å². The Hall–Kier alpha value is -2.14. The minimum absolute atomic E-state index is 0.236. The zero-order valence-electron chi connectivity index (χ0n) is 13.0. The molecule has 0 fully saturated rings. The van der Waals surface area contributed by atoms with E-state index >= 15 is 0 Å². The van der Waals surface area contributed by atoms with Crippen molar-refractivity contribution >= 4 is 15.9 Å². The number of halogens is 1. The molecule has 0 saturated carbocycles. The maximum atomic E-state index is 5.76. The summed E-state index contributed by atoms with van der Waals surface area (Å²) in [5, 5.41) is 3.98. The van der Waals surface area contributed by atoms with Crippen molar-refractivity contribution in [2.75, 3.05) is 0 Å². The summed E-state index contributed by atoms with van der Waals surface area (Å²) in [6.45, 7) is 4.55. The van der Waals surface area contributed by atoms with Gasteiger partial charge >= 0.3 is 0 Å². The van der Waals surface area contributed by atoms with Gasteiger partial charge in [-0.3, -0.25) is 0 Å². The zero-order valence-corrected chi connectivity index (χ0v) is 14.6. The number of ether oxygens (including phenoxy) is 1. The zero-order chi connectivity index (χ0) is 16.2. The summed E-state index contributed by atoms with van der Waals surface area (Å²) in [5.41, 5.74) is 2.18. The van der Waals surface area contributed by atoms with Gasteiger partial charge < -0.3 is 9.26 Å². The molecule has 0 saturated heterocycles. The second kappa shape index (κ2) is 6.96. The first-order valence-corrected chi connectivity index (χ1v) is 8.23. The molecule has 0 bridgehead atoms. The van der Waals surface area contributed by atoms with Gasteiger partial charge in [0.25, 0.3) is 5.89 Å². The summed E-state index contributed by atoms with van der Waals surface area (Å²) in [6, 6.07) is 15.8. The lowest BCUT2D eigenvalue weighted by atomic mass is 10.0. The van der Waals surface area contributed by atoms with E-state index in [4.69, 9.17) is 9.26 Å². The van der Waals surface area contributed by atoms with Gasteiger partial charge in [0.15, 0.2) is 6.61 Å². The van der Waals surface area contributed by atoms with E-state index < -0.39 is 0 Å². The fraction of sp³-hybridized carbons (Fsp3) is 0.222. The largest absolute Gasteiger partial charge is 0.483 e. The molecular formula is C18H17BrN2O2. The van der Waals surface area contributed by atoms with Gasteiger partial charge in [-0.25, -0.2) is 0 Å². The standard InChI is InChI=1S/C18H17BrN2O2/c1-12(2)14-8-9-16(15(19)10-14)22-11-17-20-18(21-23-17)13-6-4-3-5-7-13/h3-10,12H,11H2,1-2H3. The Labute approximate surface area is 143 Å². The summed E-state index contributed by atoms with van der Waals surface area (Å²) in [4.78, 5) is 4.35. The first-order chi connectivity index (χ1) is 11.1. The lowest BCUT2D eigenvalue weighted by Gasteiger charge is -2.10. The predicted molar refractivity (Wildman–Crippen MR) is 92.3 cm³/mol. The van der Waals surface area contributed by atoms with Crippen molar-refractivity contribution in [3.8, 4) is 17.1 Å². The number of hydrogen-bond acceptors (Lipinski definition) is 4. The topological polar surface area (TPSA) is 48.2 Å². The van der Waals surface area contributed by atoms with Crippen molar-refractivity contribution in [3.05, 3.63) is 64.5 Å². The van der Waals surface area contributed by atoms with E-state index in [-0.39, 0.29) is 6.61 Å². The molecule has 0 aliphatic heterocycles. The highest BCUT2D eigenvalue weighted by Gasteiger charge is 2.10. The summed E-state index contributed by atoms with van der Waals surface area (Å²) in [6.07, 6.45) is 0. The lowest BCUT2D eigenvalue weighted by molar-refractivity contribution is 0.241. The Kier molecular flexibility index (Phi) is 4.76. The molecule has 1 aromatic heterocycles. The molecule has 2 aromatic carbocycles. The molecule has 4 nitrogen and oxygen atoms in total. The SMILES string of the molecule is CC(C)c1ccc(OCc2nc(-c3ccccc3)no2)c(Br)c1. The van der Waals surface area contributed by atoms with E-state index in [1.165, 1.54) is 5.56 Å². The number of benzene rings is 2. The number of rotatable bonds is 5. The molecule has 1 heterocycles. The number of nitrogens with zero attached hydrogens (tertiary/aromatic N) is 2. The molecular weight excluding hydrogens is 356 g/mol. The summed E-state index contributed by atoms with van der Waals surface area (Å²) in [5.74, 6) is 2.25. The molecule has 0 aliphatic rings. The fourth-order valence-corrected chi connectivity index (χ4v) is 2.66. The minimum atomic E-state index is 0.236. The molecule has 118 valence electrons. The Bertz CT molecular complexity index is 785. The van der Waals surface area contributed by atoms with Crippen LogP contribution in [0, 0.1) is 0 Å². The third kappa shape index (κ3) is 3.79. The van der Waals surface area contributed by atoms with Gasteiger partial charge in [-0.05, 0) is 39.5 Å². The highest BCUT2D eigenvalue weighted by Crippen LogP contribution is 2.29. The van der Waals surface area contributed by atoms with Crippen LogP contribution in [0.2, 0.25) is 0 Å². The number of aromatic nitrogens is 2. The first kappa shape index (κ1) is 15.7. The highest BCUT2D eigenvalue weighted by molar-refractivity contribution is 9.10. The van der Waals surface area contributed by atoms with E-state index in [2.05, 4.69) is 52.1 Å². The smallest absolute Gasteiger partial charge is 0.264 e. The number of hydrogen-bond donors (Lipinski definition) is 0. The molecule has 0 unspecified atom stereocenters. The second-order valence-corrected chi connectivity index (χ2v) is 6.37. The van der Waals surface area contributed by atoms with Crippen molar-refractivity contribution in [3.63, 3.8) is 0 Å². The summed E-state index contributed by atoms with van der Waals surface area (Å²) >= 11 is 3.54. The molecule has 0 N–H and O–H groups in total. The Morgan fingerprint density at radius 2 is 1.91 bits per heavy atom. The Balaban J connectivity index is 1.68. The molecule has 3 aromatic rings. The van der Waals surface area contributed by atoms with Gasteiger partial charge in [0.2, 0.25) is 5.82 Å². The van der Waals surface area contributed by atoms with E-state index in [0.717, 1.165) is 15.8 Å². The van der Waals surface area contributed by atoms with E-state index in [0.29, 0.717) is 17.6 Å². The van der Waals surface area contributed by atoms with Crippen LogP contribution in [-0.2, 0) is 6.61 Å². The lowest BCUT2D eigenvalue weighted by Crippen LogP contribution is -1.97. The quantitative estimate of drug-likeness (QED) is 0.617. The molecule has 3 rings (SSSR count). The van der Waals surface area contributed by atoms with Gasteiger partial charge in [0, 0.05) is 5.56 Å². The van der Waals surface area contributed by atoms with E-state index in [9.17, 15) is 0 Å². The van der Waals surface area contributed by atoms with Crippen LogP contribution in [0.4, 0.5) is 0 Å². The fourth-order valence-electron chi connectivity index (χ4n) is 2.15. The predicted octanol–water partition coefficient (Wildman–Crippen LogP) is 5.20. The molecule has 5 heteroatoms. The van der Waals surface area contributed by atoms with Crippen LogP contribution >= 0.6 is 15.9 Å². The van der Waals surface area contributed by atoms with Crippen molar-refractivity contribution in [2.45, 2.75) is 26.4 Å². The van der Waals surface area contributed by atoms with Crippen LogP contribution < -0.4 is 4.74 Å². The van der Waals surface area contributed by atoms with Crippen LogP contribution in [0.1, 0.15) is 31.2 Å². The maximum Gasteiger partial charge on any atom is 0.264 e. The van der Waals surface area contributed by atoms with Crippen molar-refractivity contribution in [1.82, 2.24) is 10.1 Å². The van der Waals surface area contributed by atoms with Gasteiger partial charge in [-0.2, -0.15) is 4.98 Å². The van der Waals surface area contributed by atoms with Gasteiger partial charge in [-0.15, -0.1) is 0 Å². The third-order valence-corrected chi connectivity index (χ3v) is 4.09. The van der Waals surface area contributed by atoms with Crippen molar-refractivity contribution in [2.24, 2.45) is 0 Å². The van der Waals surface area contributed by atoms with Crippen LogP contribution in [0.15, 0.2) is 57.5 Å². The van der Waals surface area contributed by atoms with Crippen LogP contribution in [0.25, 0.3) is 11.4 Å². The average molecular weight is 373 g/mol. The van der Waals surface area contributed by atoms with E-state index in [1.54, 1.807) is 0 Å². The maximum absolute atomic E-state index is 5.76. The second-order valence-electron chi connectivity index (χ2n) is 5.51. The molecule has 0 atom stereocenters. The van der Waals surface area contributed by atoms with Crippen LogP contribution in [0.5, 0.6) is 5.75 Å². The van der Waals surface area contributed by atoms with Crippen LogP contribution in [0.3, 0.4) is 0 Å². The summed E-state index contributed by atoms with van der Waals surface area (Å²) in [7, 11) is 0. The molecule has 0 amide bonds. The van der Waals surface area contributed by atoms with E-state index in [1.807, 2.05) is 36.4 Å². The summed E-state index contributed by atoms with van der Waals surface area (Å²) < 4.78 is 11.9. The first-order valence-electron chi connectivity index (χ1n) is 7.43. The monoisotopic (exact) mass is 372 g/mol. The molecule has 0 aliphatic carbocycles. The Morgan fingerprint density at radius 3 is 2.61 bits per heavy atom. The van der Waals surface area contributed by atoms with Gasteiger partial charge in [-0.1, -0.05) is 55.4 Å². The highest BCUT2D eigenvalue weighted by atomic mass is 79.9. The van der Waals surface area contributed by atoms with Gasteiger partial charge in [0.05, 0.1) is 4.47 Å². The molecule has 0 spiro atoms.